The Morgan fingerprint density at radius 1 is 1.15 bits per heavy atom. The standard InChI is InChI=1S/C22H22BClFN5O2S/c1-14-6-4-9-18(25)21(14)33(31,32)28-11-5-10-26-20-12-19(15-7-2-3-8-17(15)24)29-22-16(23)13-27-30(20)22/h2-4,6-9,12-13,26,28H,5,10-11,23H2,1H3. The van der Waals surface area contributed by atoms with Crippen LogP contribution in [0.4, 0.5) is 10.2 Å². The Kier molecular flexibility index (Phi) is 6.69. The van der Waals surface area contributed by atoms with Gasteiger partial charge in [-0.25, -0.2) is 22.5 Å². The predicted octanol–water partition coefficient (Wildman–Crippen LogP) is 2.54. The van der Waals surface area contributed by atoms with Crippen LogP contribution in [0.2, 0.25) is 5.02 Å². The molecular weight excluding hydrogens is 464 g/mol. The number of nitrogens with one attached hydrogen (secondary N) is 2. The first-order valence-electron chi connectivity index (χ1n) is 10.4. The minimum atomic E-state index is -3.94. The summed E-state index contributed by atoms with van der Waals surface area (Å²) in [6.45, 7) is 2.17. The van der Waals surface area contributed by atoms with E-state index in [0.29, 0.717) is 40.7 Å². The molecule has 0 radical (unpaired) electrons. The molecule has 0 spiro atoms. The van der Waals surface area contributed by atoms with Gasteiger partial charge in [-0.1, -0.05) is 41.9 Å². The quantitative estimate of drug-likeness (QED) is 0.296. The number of benzene rings is 2. The lowest BCUT2D eigenvalue weighted by molar-refractivity contribution is 0.554. The Labute approximate surface area is 197 Å². The number of aromatic nitrogens is 3. The zero-order valence-electron chi connectivity index (χ0n) is 18.1. The van der Waals surface area contributed by atoms with E-state index < -0.39 is 15.8 Å². The first-order chi connectivity index (χ1) is 15.8. The zero-order chi connectivity index (χ0) is 23.6. The van der Waals surface area contributed by atoms with Gasteiger partial charge >= 0.3 is 0 Å². The van der Waals surface area contributed by atoms with Crippen LogP contribution in [0.1, 0.15) is 12.0 Å². The number of rotatable bonds is 8. The summed E-state index contributed by atoms with van der Waals surface area (Å²) in [6, 6.07) is 13.5. The molecule has 0 atom stereocenters. The molecule has 0 unspecified atom stereocenters. The van der Waals surface area contributed by atoms with Crippen LogP contribution in [0.25, 0.3) is 16.9 Å². The molecule has 0 aliphatic heterocycles. The lowest BCUT2D eigenvalue weighted by Gasteiger charge is -2.13. The van der Waals surface area contributed by atoms with Gasteiger partial charge in [-0.2, -0.15) is 9.61 Å². The van der Waals surface area contributed by atoms with Crippen LogP contribution in [0, 0.1) is 12.7 Å². The van der Waals surface area contributed by atoms with E-state index in [1.54, 1.807) is 23.7 Å². The van der Waals surface area contributed by atoms with Crippen molar-refractivity contribution in [3.63, 3.8) is 0 Å². The lowest BCUT2D eigenvalue weighted by atomic mass is 10.0. The molecule has 33 heavy (non-hydrogen) atoms. The number of sulfonamides is 1. The van der Waals surface area contributed by atoms with Crippen molar-refractivity contribution in [2.24, 2.45) is 0 Å². The second-order valence-electron chi connectivity index (χ2n) is 7.63. The number of fused-ring (bicyclic) bond motifs is 1. The molecule has 0 amide bonds. The highest BCUT2D eigenvalue weighted by Gasteiger charge is 2.20. The molecule has 0 aliphatic rings. The molecule has 2 heterocycles. The van der Waals surface area contributed by atoms with Gasteiger partial charge in [-0.15, -0.1) is 0 Å². The van der Waals surface area contributed by atoms with Crippen LogP contribution in [0.3, 0.4) is 0 Å². The number of nitrogens with zero attached hydrogens (tertiary/aromatic N) is 3. The molecular formula is C22H22BClFN5O2S. The maximum absolute atomic E-state index is 14.0. The van der Waals surface area contributed by atoms with Gasteiger partial charge in [0.15, 0.2) is 5.65 Å². The maximum Gasteiger partial charge on any atom is 0.243 e. The van der Waals surface area contributed by atoms with Gasteiger partial charge < -0.3 is 5.32 Å². The second-order valence-corrected chi connectivity index (χ2v) is 9.74. The van der Waals surface area contributed by atoms with E-state index in [1.807, 2.05) is 38.2 Å². The minimum absolute atomic E-state index is 0.146. The van der Waals surface area contributed by atoms with Crippen LogP contribution in [-0.4, -0.2) is 44.0 Å². The molecule has 4 rings (SSSR count). The highest BCUT2D eigenvalue weighted by Crippen LogP contribution is 2.28. The fourth-order valence-electron chi connectivity index (χ4n) is 3.55. The summed E-state index contributed by atoms with van der Waals surface area (Å²) in [6.07, 6.45) is 2.20. The third-order valence-corrected chi connectivity index (χ3v) is 7.15. The minimum Gasteiger partial charge on any atom is -0.370 e. The van der Waals surface area contributed by atoms with Gasteiger partial charge in [0.2, 0.25) is 10.0 Å². The molecule has 2 aromatic carbocycles. The Hall–Kier alpha value is -2.95. The molecule has 0 bridgehead atoms. The Bertz CT molecular complexity index is 1410. The lowest BCUT2D eigenvalue weighted by Crippen LogP contribution is -2.27. The molecule has 0 saturated carbocycles. The number of anilines is 1. The van der Waals surface area contributed by atoms with Gasteiger partial charge in [-0.3, -0.25) is 0 Å². The molecule has 7 nitrogen and oxygen atoms in total. The number of hydrogen-bond acceptors (Lipinski definition) is 5. The molecule has 11 heteroatoms. The van der Waals surface area contributed by atoms with Crippen LogP contribution >= 0.6 is 11.6 Å². The van der Waals surface area contributed by atoms with Crippen molar-refractivity contribution in [2.45, 2.75) is 18.2 Å². The smallest absolute Gasteiger partial charge is 0.243 e. The van der Waals surface area contributed by atoms with Crippen molar-refractivity contribution in [2.75, 3.05) is 18.4 Å². The Morgan fingerprint density at radius 2 is 1.94 bits per heavy atom. The fraction of sp³-hybridized carbons (Fsp3) is 0.182. The van der Waals surface area contributed by atoms with Gasteiger partial charge in [0.25, 0.3) is 0 Å². The van der Waals surface area contributed by atoms with Crippen LogP contribution < -0.4 is 15.5 Å². The summed E-state index contributed by atoms with van der Waals surface area (Å²) < 4.78 is 43.2. The van der Waals surface area contributed by atoms with Crippen LogP contribution in [0.5, 0.6) is 0 Å². The van der Waals surface area contributed by atoms with E-state index >= 15 is 0 Å². The highest BCUT2D eigenvalue weighted by atomic mass is 35.5. The third kappa shape index (κ3) is 4.87. The van der Waals surface area contributed by atoms with E-state index in [9.17, 15) is 12.8 Å². The largest absolute Gasteiger partial charge is 0.370 e. The van der Waals surface area contributed by atoms with E-state index in [0.717, 1.165) is 17.1 Å². The molecule has 2 N–H and O–H groups in total. The summed E-state index contributed by atoms with van der Waals surface area (Å²) in [5, 5.41) is 8.26. The second kappa shape index (κ2) is 9.50. The molecule has 4 aromatic rings. The van der Waals surface area contributed by atoms with Gasteiger partial charge in [0, 0.05) is 35.9 Å². The van der Waals surface area contributed by atoms with Crippen molar-refractivity contribution >= 4 is 46.4 Å². The molecule has 0 aliphatic carbocycles. The van der Waals surface area contributed by atoms with Crippen molar-refractivity contribution in [1.82, 2.24) is 19.3 Å². The van der Waals surface area contributed by atoms with Gasteiger partial charge in [0.1, 0.15) is 24.4 Å². The van der Waals surface area contributed by atoms with E-state index in [1.165, 1.54) is 6.07 Å². The van der Waals surface area contributed by atoms with Crippen molar-refractivity contribution < 1.29 is 12.8 Å². The SMILES string of the molecule is Bc1cnn2c(NCCCNS(=O)(=O)c3c(C)cccc3F)cc(-c3ccccc3Cl)nc12. The van der Waals surface area contributed by atoms with E-state index in [4.69, 9.17) is 16.6 Å². The van der Waals surface area contributed by atoms with Crippen LogP contribution in [0.15, 0.2) is 59.6 Å². The average molecular weight is 486 g/mol. The average Bonchev–Trinajstić information content (AvgIpc) is 3.14. The summed E-state index contributed by atoms with van der Waals surface area (Å²) in [5.74, 6) is -0.0585. The van der Waals surface area contributed by atoms with Gasteiger partial charge in [-0.05, 0) is 36.5 Å². The number of aryl methyl sites for hydroxylation is 1. The first-order valence-corrected chi connectivity index (χ1v) is 12.2. The van der Waals surface area contributed by atoms with E-state index in [-0.39, 0.29) is 11.4 Å². The number of halogens is 2. The summed E-state index contributed by atoms with van der Waals surface area (Å²) in [7, 11) is -2.01. The topological polar surface area (TPSA) is 88.4 Å². The molecule has 170 valence electrons. The predicted molar refractivity (Wildman–Crippen MR) is 131 cm³/mol. The fourth-order valence-corrected chi connectivity index (χ4v) is 5.15. The summed E-state index contributed by atoms with van der Waals surface area (Å²) in [4.78, 5) is 4.39. The van der Waals surface area contributed by atoms with Gasteiger partial charge in [0.05, 0.1) is 5.69 Å². The first kappa shape index (κ1) is 23.2. The van der Waals surface area contributed by atoms with Crippen molar-refractivity contribution in [1.29, 1.82) is 0 Å². The van der Waals surface area contributed by atoms with Crippen molar-refractivity contribution in [3.05, 3.63) is 71.1 Å². The Balaban J connectivity index is 1.47. The van der Waals surface area contributed by atoms with E-state index in [2.05, 4.69) is 15.1 Å². The van der Waals surface area contributed by atoms with Crippen LogP contribution in [-0.2, 0) is 10.0 Å². The molecule has 2 aromatic heterocycles. The monoisotopic (exact) mass is 485 g/mol. The molecule has 0 fully saturated rings. The number of hydrogen-bond donors (Lipinski definition) is 2. The Morgan fingerprint density at radius 3 is 2.70 bits per heavy atom. The zero-order valence-corrected chi connectivity index (χ0v) is 19.7. The maximum atomic E-state index is 14.0. The summed E-state index contributed by atoms with van der Waals surface area (Å²) in [5.41, 5.74) is 3.49. The molecule has 0 saturated heterocycles. The third-order valence-electron chi connectivity index (χ3n) is 5.18. The highest BCUT2D eigenvalue weighted by molar-refractivity contribution is 7.89. The normalized spacial score (nSPS) is 11.7. The van der Waals surface area contributed by atoms with Crippen molar-refractivity contribution in [3.8, 4) is 11.3 Å². The summed E-state index contributed by atoms with van der Waals surface area (Å²) >= 11 is 6.36.